The highest BCUT2D eigenvalue weighted by molar-refractivity contribution is 6.25. The Balaban J connectivity index is 1.54. The van der Waals surface area contributed by atoms with E-state index in [0.717, 1.165) is 4.90 Å². The van der Waals surface area contributed by atoms with Gasteiger partial charge in [-0.25, -0.2) is 0 Å². The molecule has 1 aromatic rings. The van der Waals surface area contributed by atoms with Crippen LogP contribution in [0.25, 0.3) is 5.57 Å². The smallest absolute Gasteiger partial charge is 0.339 e. The first-order valence-corrected chi connectivity index (χ1v) is 10.5. The summed E-state index contributed by atoms with van der Waals surface area (Å²) in [6.07, 6.45) is -4.19. The number of fused-ring (bicyclic) bond motifs is 1. The van der Waals surface area contributed by atoms with E-state index < -0.39 is 54.6 Å². The van der Waals surface area contributed by atoms with Gasteiger partial charge in [-0.05, 0) is 30.0 Å². The molecule has 8 nitrogen and oxygen atoms in total. The number of piperidine rings is 1. The number of carbonyl (C=O) groups is 5. The summed E-state index contributed by atoms with van der Waals surface area (Å²) in [4.78, 5) is 64.1. The Morgan fingerprint density at radius 1 is 1.06 bits per heavy atom. The predicted octanol–water partition coefficient (Wildman–Crippen LogP) is 2.05. The molecule has 4 rings (SSSR count). The molecular formula is C22H20F3N3O5. The van der Waals surface area contributed by atoms with Crippen molar-refractivity contribution in [3.63, 3.8) is 0 Å². The van der Waals surface area contributed by atoms with E-state index >= 15 is 0 Å². The van der Waals surface area contributed by atoms with E-state index in [4.69, 9.17) is 0 Å². The molecular weight excluding hydrogens is 443 g/mol. The van der Waals surface area contributed by atoms with Gasteiger partial charge in [-0.15, -0.1) is 0 Å². The Bertz CT molecular complexity index is 1100. The van der Waals surface area contributed by atoms with Crippen LogP contribution in [0.4, 0.5) is 13.2 Å². The number of halogens is 3. The molecule has 33 heavy (non-hydrogen) atoms. The number of amides is 5. The van der Waals surface area contributed by atoms with Crippen molar-refractivity contribution in [2.24, 2.45) is 0 Å². The Kier molecular flexibility index (Phi) is 5.81. The second-order valence-corrected chi connectivity index (χ2v) is 8.11. The minimum atomic E-state index is -4.40. The molecule has 3 heterocycles. The van der Waals surface area contributed by atoms with Gasteiger partial charge in [0.2, 0.25) is 17.7 Å². The van der Waals surface area contributed by atoms with Crippen molar-refractivity contribution in [1.82, 2.24) is 15.1 Å². The number of nitrogens with zero attached hydrogens (tertiary/aromatic N) is 2. The third kappa shape index (κ3) is 4.39. The molecule has 0 radical (unpaired) electrons. The van der Waals surface area contributed by atoms with Crippen LogP contribution in [0.5, 0.6) is 0 Å². The molecule has 3 aliphatic heterocycles. The second kappa shape index (κ2) is 8.45. The average Bonchev–Trinajstić information content (AvgIpc) is 3.02. The highest BCUT2D eigenvalue weighted by Crippen LogP contribution is 2.35. The normalized spacial score (nSPS) is 21.2. The lowest BCUT2D eigenvalue weighted by molar-refractivity contribution is -0.148. The minimum Gasteiger partial charge on any atom is -0.339 e. The van der Waals surface area contributed by atoms with E-state index in [9.17, 15) is 37.1 Å². The Hall–Kier alpha value is -3.50. The van der Waals surface area contributed by atoms with Gasteiger partial charge in [-0.2, -0.15) is 13.2 Å². The highest BCUT2D eigenvalue weighted by Gasteiger charge is 2.45. The topological polar surface area (TPSA) is 104 Å². The molecule has 1 saturated heterocycles. The highest BCUT2D eigenvalue weighted by atomic mass is 19.4. The first-order valence-electron chi connectivity index (χ1n) is 10.5. The molecule has 0 aromatic heterocycles. The zero-order chi connectivity index (χ0) is 23.9. The predicted molar refractivity (Wildman–Crippen MR) is 108 cm³/mol. The third-order valence-electron chi connectivity index (χ3n) is 6.00. The van der Waals surface area contributed by atoms with E-state index in [1.54, 1.807) is 18.2 Å². The quantitative estimate of drug-likeness (QED) is 0.689. The van der Waals surface area contributed by atoms with E-state index in [0.29, 0.717) is 17.6 Å². The van der Waals surface area contributed by atoms with Crippen molar-refractivity contribution in [3.8, 4) is 0 Å². The summed E-state index contributed by atoms with van der Waals surface area (Å²) in [5.74, 6) is -3.02. The largest absolute Gasteiger partial charge is 0.389 e. The molecule has 0 saturated carbocycles. The lowest BCUT2D eigenvalue weighted by atomic mass is 9.92. The van der Waals surface area contributed by atoms with Crippen molar-refractivity contribution in [2.75, 3.05) is 13.1 Å². The fourth-order valence-electron chi connectivity index (χ4n) is 4.33. The SMILES string of the molecule is O=C1CCC(N2C(=O)c3cccc(C4=CCN(C(=O)CCC(F)(F)F)CC4)c3C2=O)C(=O)N1. The zero-order valence-electron chi connectivity index (χ0n) is 17.4. The molecule has 1 unspecified atom stereocenters. The first-order chi connectivity index (χ1) is 15.6. The molecule has 174 valence electrons. The molecule has 1 N–H and O–H groups in total. The van der Waals surface area contributed by atoms with Gasteiger partial charge in [0.05, 0.1) is 17.5 Å². The number of hydrogen-bond acceptors (Lipinski definition) is 5. The summed E-state index contributed by atoms with van der Waals surface area (Å²) >= 11 is 0. The number of benzene rings is 1. The van der Waals surface area contributed by atoms with E-state index in [-0.39, 0.29) is 37.1 Å². The summed E-state index contributed by atoms with van der Waals surface area (Å²) in [5.41, 5.74) is 1.48. The summed E-state index contributed by atoms with van der Waals surface area (Å²) in [5, 5.41) is 2.14. The van der Waals surface area contributed by atoms with Crippen LogP contribution in [0.1, 0.15) is 58.4 Å². The monoisotopic (exact) mass is 463 g/mol. The lowest BCUT2D eigenvalue weighted by Gasteiger charge is -2.28. The van der Waals surface area contributed by atoms with Crippen molar-refractivity contribution in [2.45, 2.75) is 44.3 Å². The number of imide groups is 2. The van der Waals surface area contributed by atoms with Gasteiger partial charge in [0.15, 0.2) is 0 Å². The molecule has 1 atom stereocenters. The van der Waals surface area contributed by atoms with Crippen molar-refractivity contribution in [3.05, 3.63) is 41.0 Å². The number of nitrogens with one attached hydrogen (secondary N) is 1. The zero-order valence-corrected chi connectivity index (χ0v) is 17.4. The summed E-state index contributed by atoms with van der Waals surface area (Å²) in [6, 6.07) is 3.67. The number of alkyl halides is 3. The van der Waals surface area contributed by atoms with Crippen molar-refractivity contribution in [1.29, 1.82) is 0 Å². The summed E-state index contributed by atoms with van der Waals surface area (Å²) < 4.78 is 37.2. The number of carbonyl (C=O) groups excluding carboxylic acids is 5. The van der Waals surface area contributed by atoms with Crippen LogP contribution in [0, 0.1) is 0 Å². The molecule has 0 aliphatic carbocycles. The Morgan fingerprint density at radius 3 is 2.42 bits per heavy atom. The molecule has 5 amide bonds. The number of hydrogen-bond donors (Lipinski definition) is 1. The van der Waals surface area contributed by atoms with Crippen molar-refractivity contribution < 1.29 is 37.1 Å². The average molecular weight is 463 g/mol. The van der Waals surface area contributed by atoms with Crippen LogP contribution >= 0.6 is 0 Å². The van der Waals surface area contributed by atoms with Gasteiger partial charge in [0, 0.05) is 25.9 Å². The maximum absolute atomic E-state index is 13.2. The van der Waals surface area contributed by atoms with E-state index in [2.05, 4.69) is 5.32 Å². The molecule has 0 spiro atoms. The van der Waals surface area contributed by atoms with Crippen LogP contribution in [-0.4, -0.2) is 64.6 Å². The fourth-order valence-corrected chi connectivity index (χ4v) is 4.33. The number of rotatable bonds is 4. The first kappa shape index (κ1) is 22.7. The van der Waals surface area contributed by atoms with Gasteiger partial charge in [-0.1, -0.05) is 18.2 Å². The molecule has 11 heteroatoms. The lowest BCUT2D eigenvalue weighted by Crippen LogP contribution is -2.54. The van der Waals surface area contributed by atoms with Gasteiger partial charge >= 0.3 is 6.18 Å². The minimum absolute atomic E-state index is 0.0139. The maximum atomic E-state index is 13.2. The molecule has 0 bridgehead atoms. The maximum Gasteiger partial charge on any atom is 0.389 e. The van der Waals surface area contributed by atoms with Crippen LogP contribution in [-0.2, 0) is 14.4 Å². The van der Waals surface area contributed by atoms with Crippen LogP contribution in [0.3, 0.4) is 0 Å². The van der Waals surface area contributed by atoms with Crippen LogP contribution in [0.2, 0.25) is 0 Å². The molecule has 3 aliphatic rings. The van der Waals surface area contributed by atoms with Crippen LogP contribution < -0.4 is 5.32 Å². The second-order valence-electron chi connectivity index (χ2n) is 8.11. The molecule has 1 fully saturated rings. The van der Waals surface area contributed by atoms with Gasteiger partial charge < -0.3 is 4.90 Å². The Morgan fingerprint density at radius 2 is 1.79 bits per heavy atom. The van der Waals surface area contributed by atoms with Gasteiger partial charge in [0.1, 0.15) is 6.04 Å². The third-order valence-corrected chi connectivity index (χ3v) is 6.00. The van der Waals surface area contributed by atoms with E-state index in [1.807, 2.05) is 0 Å². The van der Waals surface area contributed by atoms with Crippen LogP contribution in [0.15, 0.2) is 24.3 Å². The van der Waals surface area contributed by atoms with Gasteiger partial charge in [0.25, 0.3) is 11.8 Å². The Labute approximate surface area is 186 Å². The summed E-state index contributed by atoms with van der Waals surface area (Å²) in [6.45, 7) is 0.278. The molecule has 1 aromatic carbocycles. The summed E-state index contributed by atoms with van der Waals surface area (Å²) in [7, 11) is 0. The van der Waals surface area contributed by atoms with Crippen molar-refractivity contribution >= 4 is 35.1 Å². The van der Waals surface area contributed by atoms with E-state index in [1.165, 1.54) is 11.0 Å². The van der Waals surface area contributed by atoms with Gasteiger partial charge in [-0.3, -0.25) is 34.2 Å². The fraction of sp³-hybridized carbons (Fsp3) is 0.409. The standard InChI is InChI=1S/C22H20F3N3O5/c23-22(24,25)9-6-17(30)27-10-7-12(8-11-27)13-2-1-3-14-18(13)21(33)28(20(14)32)15-4-5-16(29)26-19(15)31/h1-3,7,15H,4-6,8-11H2,(H,26,29,31).